The zero-order valence-corrected chi connectivity index (χ0v) is 16.6. The molecule has 0 spiro atoms. The summed E-state index contributed by atoms with van der Waals surface area (Å²) in [6.45, 7) is 1.88. The van der Waals surface area contributed by atoms with Gasteiger partial charge in [-0.15, -0.1) is 15.3 Å². The van der Waals surface area contributed by atoms with Gasteiger partial charge in [0.05, 0.1) is 29.3 Å². The molecule has 9 heteroatoms. The lowest BCUT2D eigenvalue weighted by Gasteiger charge is -2.45. The maximum Gasteiger partial charge on any atom is 0.233 e. The van der Waals surface area contributed by atoms with Crippen LogP contribution in [-0.4, -0.2) is 66.1 Å². The Labute approximate surface area is 172 Å². The fourth-order valence-corrected chi connectivity index (χ4v) is 4.18. The van der Waals surface area contributed by atoms with Crippen LogP contribution in [0.2, 0.25) is 0 Å². The highest BCUT2D eigenvalue weighted by Crippen LogP contribution is 2.41. The zero-order chi connectivity index (χ0) is 20.9. The molecule has 0 unspecified atom stereocenters. The van der Waals surface area contributed by atoms with E-state index in [1.165, 1.54) is 0 Å². The third-order valence-corrected chi connectivity index (χ3v) is 6.13. The Morgan fingerprint density at radius 1 is 1.23 bits per heavy atom. The van der Waals surface area contributed by atoms with Gasteiger partial charge in [-0.2, -0.15) is 0 Å². The van der Waals surface area contributed by atoms with Crippen molar-refractivity contribution in [2.24, 2.45) is 0 Å². The molecule has 2 bridgehead atoms. The summed E-state index contributed by atoms with van der Waals surface area (Å²) >= 11 is 0. The molecule has 8 nitrogen and oxygen atoms in total. The van der Waals surface area contributed by atoms with Gasteiger partial charge in [-0.3, -0.25) is 4.90 Å². The van der Waals surface area contributed by atoms with Crippen molar-refractivity contribution >= 4 is 0 Å². The van der Waals surface area contributed by atoms with Crippen molar-refractivity contribution in [1.82, 2.24) is 30.1 Å². The number of fused-ring (bicyclic) bond motifs is 2. The molecule has 0 amide bonds. The summed E-state index contributed by atoms with van der Waals surface area (Å²) in [4.78, 5) is 2.04. The van der Waals surface area contributed by atoms with Crippen LogP contribution in [0.1, 0.15) is 13.3 Å². The van der Waals surface area contributed by atoms with Gasteiger partial charge < -0.3 is 9.84 Å². The van der Waals surface area contributed by atoms with Crippen LogP contribution >= 0.6 is 0 Å². The zero-order valence-electron chi connectivity index (χ0n) is 16.6. The number of aromatic nitrogens is 5. The van der Waals surface area contributed by atoms with Crippen LogP contribution in [0.15, 0.2) is 54.9 Å². The number of nitrogens with zero attached hydrogens (tertiary/aromatic N) is 6. The summed E-state index contributed by atoms with van der Waals surface area (Å²) in [5.41, 5.74) is 1.02. The topological polar surface area (TPSA) is 89.2 Å². The average Bonchev–Trinajstić information content (AvgIpc) is 3.35. The molecule has 2 aromatic heterocycles. The molecule has 1 aromatic carbocycles. The molecular weight excluding hydrogens is 387 g/mol. The molecule has 1 saturated heterocycles. The minimum absolute atomic E-state index is 0.0423. The minimum Gasteiger partial charge on any atom is -0.507 e. The quantitative estimate of drug-likeness (QED) is 0.664. The summed E-state index contributed by atoms with van der Waals surface area (Å²) in [6.07, 6.45) is 5.99. The van der Waals surface area contributed by atoms with E-state index in [9.17, 15) is 5.11 Å². The lowest BCUT2D eigenvalue weighted by atomic mass is 9.86. The molecule has 1 fully saturated rings. The molecule has 154 valence electrons. The summed E-state index contributed by atoms with van der Waals surface area (Å²) in [7, 11) is 1.93. The third-order valence-electron chi connectivity index (χ3n) is 6.13. The minimum atomic E-state index is -1.17. The number of halogens is 1. The predicted molar refractivity (Wildman–Crippen MR) is 107 cm³/mol. The number of piperidine rings is 1. The molecule has 30 heavy (non-hydrogen) atoms. The second-order valence-electron chi connectivity index (χ2n) is 7.86. The summed E-state index contributed by atoms with van der Waals surface area (Å²) in [6, 6.07) is 8.60. The van der Waals surface area contributed by atoms with Gasteiger partial charge in [-0.05, 0) is 32.2 Å². The van der Waals surface area contributed by atoms with Crippen molar-refractivity contribution in [3.05, 3.63) is 54.9 Å². The maximum atomic E-state index is 15.1. The Hall–Kier alpha value is -3.33. The molecule has 2 aliphatic rings. The lowest BCUT2D eigenvalue weighted by Crippen LogP contribution is -2.60. The lowest BCUT2D eigenvalue weighted by molar-refractivity contribution is -0.0484. The van der Waals surface area contributed by atoms with E-state index < -0.39 is 17.8 Å². The molecule has 0 saturated carbocycles. The van der Waals surface area contributed by atoms with E-state index >= 15 is 4.39 Å². The highest BCUT2D eigenvalue weighted by molar-refractivity contribution is 5.68. The van der Waals surface area contributed by atoms with Gasteiger partial charge in [0, 0.05) is 30.2 Å². The van der Waals surface area contributed by atoms with E-state index in [-0.39, 0.29) is 17.7 Å². The average molecular weight is 408 g/mol. The standard InChI is InChI=1S/C21H21FN6O2/c1-21-8-7-13(27(21)2)12-18(20(21)22)30-19-6-5-16(24-25-19)15-4-3-14(11-17(15)29)28-10-9-23-26-28/h3-11,13,18,20,29H,12H2,1-2H3/t13-,18-,20+,21+/m0/s1. The first kappa shape index (κ1) is 18.7. The first-order valence-corrected chi connectivity index (χ1v) is 9.72. The van der Waals surface area contributed by atoms with Crippen molar-refractivity contribution in [3.63, 3.8) is 0 Å². The summed E-state index contributed by atoms with van der Waals surface area (Å²) in [5, 5.41) is 26.3. The fourth-order valence-electron chi connectivity index (χ4n) is 4.18. The van der Waals surface area contributed by atoms with Gasteiger partial charge in [0.25, 0.3) is 0 Å². The normalized spacial score (nSPS) is 28.0. The predicted octanol–water partition coefficient (Wildman–Crippen LogP) is 2.55. The van der Waals surface area contributed by atoms with Crippen molar-refractivity contribution in [3.8, 4) is 28.6 Å². The van der Waals surface area contributed by atoms with Crippen LogP contribution in [0, 0.1) is 0 Å². The number of phenols is 1. The van der Waals surface area contributed by atoms with Gasteiger partial charge in [0.2, 0.25) is 5.88 Å². The smallest absolute Gasteiger partial charge is 0.233 e. The Morgan fingerprint density at radius 3 is 2.80 bits per heavy atom. The number of aromatic hydroxyl groups is 1. The number of ether oxygens (including phenoxy) is 1. The van der Waals surface area contributed by atoms with Crippen LogP contribution < -0.4 is 4.74 Å². The second-order valence-corrected chi connectivity index (χ2v) is 7.86. The molecule has 0 radical (unpaired) electrons. The molecule has 4 atom stereocenters. The van der Waals surface area contributed by atoms with Crippen LogP contribution in [0.5, 0.6) is 11.6 Å². The summed E-state index contributed by atoms with van der Waals surface area (Å²) in [5.74, 6) is 0.304. The van der Waals surface area contributed by atoms with E-state index in [4.69, 9.17) is 4.74 Å². The van der Waals surface area contributed by atoms with E-state index in [1.54, 1.807) is 47.4 Å². The molecule has 1 N–H and O–H groups in total. The highest BCUT2D eigenvalue weighted by atomic mass is 19.1. The van der Waals surface area contributed by atoms with E-state index in [0.717, 1.165) is 0 Å². The first-order chi connectivity index (χ1) is 14.5. The number of benzene rings is 1. The van der Waals surface area contributed by atoms with Crippen molar-refractivity contribution < 1.29 is 14.2 Å². The van der Waals surface area contributed by atoms with Gasteiger partial charge >= 0.3 is 0 Å². The van der Waals surface area contributed by atoms with Gasteiger partial charge in [-0.25, -0.2) is 9.07 Å². The Balaban J connectivity index is 1.33. The van der Waals surface area contributed by atoms with Crippen LogP contribution in [-0.2, 0) is 0 Å². The van der Waals surface area contributed by atoms with Crippen molar-refractivity contribution in [2.75, 3.05) is 7.05 Å². The van der Waals surface area contributed by atoms with Gasteiger partial charge in [-0.1, -0.05) is 17.4 Å². The number of hydrogen-bond acceptors (Lipinski definition) is 7. The number of hydrogen-bond donors (Lipinski definition) is 1. The second kappa shape index (κ2) is 6.88. The Morgan fingerprint density at radius 2 is 2.10 bits per heavy atom. The number of rotatable bonds is 4. The van der Waals surface area contributed by atoms with E-state index in [0.29, 0.717) is 23.4 Å². The number of alkyl halides is 1. The van der Waals surface area contributed by atoms with Crippen molar-refractivity contribution in [1.29, 1.82) is 0 Å². The van der Waals surface area contributed by atoms with Crippen molar-refractivity contribution in [2.45, 2.75) is 37.2 Å². The molecule has 0 aliphatic carbocycles. The van der Waals surface area contributed by atoms with Crippen LogP contribution in [0.25, 0.3) is 16.9 Å². The van der Waals surface area contributed by atoms with Crippen LogP contribution in [0.3, 0.4) is 0 Å². The summed E-state index contributed by atoms with van der Waals surface area (Å²) < 4.78 is 22.5. The molecular formula is C21H21FN6O2. The highest BCUT2D eigenvalue weighted by Gasteiger charge is 2.52. The monoisotopic (exact) mass is 408 g/mol. The molecule has 3 aromatic rings. The first-order valence-electron chi connectivity index (χ1n) is 9.72. The Bertz CT molecular complexity index is 1090. The van der Waals surface area contributed by atoms with Gasteiger partial charge in [0.1, 0.15) is 11.9 Å². The number of likely N-dealkylation sites (N-methyl/N-ethyl adjacent to an activating group) is 1. The Kier molecular flexibility index (Phi) is 4.28. The van der Waals surface area contributed by atoms with Gasteiger partial charge in [0.15, 0.2) is 6.17 Å². The van der Waals surface area contributed by atoms with E-state index in [1.807, 2.05) is 31.0 Å². The van der Waals surface area contributed by atoms with Crippen LogP contribution in [0.4, 0.5) is 4.39 Å². The SMILES string of the molecule is CN1[C@H]2C=C[C@]1(C)[C@H](F)[C@@H](Oc1ccc(-c3ccc(-n4ccnn4)cc3O)nn1)C2. The third kappa shape index (κ3) is 2.93. The maximum absolute atomic E-state index is 15.1. The largest absolute Gasteiger partial charge is 0.507 e. The molecule has 2 aliphatic heterocycles. The molecule has 4 heterocycles. The fraction of sp³-hybridized carbons (Fsp3) is 0.333. The molecule has 5 rings (SSSR count). The van der Waals surface area contributed by atoms with E-state index in [2.05, 4.69) is 20.5 Å². The number of phenolic OH excluding ortho intramolecular Hbond substituents is 1.